The Morgan fingerprint density at radius 1 is 1.23 bits per heavy atom. The summed E-state index contributed by atoms with van der Waals surface area (Å²) in [6.45, 7) is 1.84. The number of nitrogens with zero attached hydrogens (tertiary/aromatic N) is 3. The van der Waals surface area contributed by atoms with Crippen molar-refractivity contribution >= 4 is 34.4 Å². The summed E-state index contributed by atoms with van der Waals surface area (Å²) in [7, 11) is 0. The second-order valence-corrected chi connectivity index (χ2v) is 3.40. The van der Waals surface area contributed by atoms with E-state index >= 15 is 0 Å². The molecule has 0 bridgehead atoms. The monoisotopic (exact) mass is 213 g/mol. The maximum absolute atomic E-state index is 5.91. The van der Waals surface area contributed by atoms with E-state index in [2.05, 4.69) is 15.0 Å². The van der Waals surface area contributed by atoms with E-state index in [0.717, 1.165) is 5.69 Å². The van der Waals surface area contributed by atoms with Crippen LogP contribution in [0, 0.1) is 6.92 Å². The minimum Gasteiger partial charge on any atom is -0.247 e. The highest BCUT2D eigenvalue weighted by Gasteiger charge is 2.05. The first-order valence-corrected chi connectivity index (χ1v) is 4.38. The zero-order valence-electron chi connectivity index (χ0n) is 6.75. The van der Waals surface area contributed by atoms with E-state index in [1.54, 1.807) is 12.3 Å². The van der Waals surface area contributed by atoms with E-state index in [9.17, 15) is 0 Å². The fourth-order valence-electron chi connectivity index (χ4n) is 1.02. The van der Waals surface area contributed by atoms with Crippen molar-refractivity contribution in [3.05, 3.63) is 28.1 Å². The standard InChI is InChI=1S/C8H5Cl2N3/c1-4-3-11-8-7(12-4)5(9)2-6(10)13-8/h2-3H,1H3. The first-order valence-electron chi connectivity index (χ1n) is 3.62. The molecule has 0 saturated carbocycles. The Balaban J connectivity index is 2.87. The smallest absolute Gasteiger partial charge is 0.181 e. The molecule has 0 aliphatic rings. The minimum atomic E-state index is 0.329. The third kappa shape index (κ3) is 1.57. The molecule has 13 heavy (non-hydrogen) atoms. The van der Waals surface area contributed by atoms with Gasteiger partial charge in [-0.15, -0.1) is 0 Å². The van der Waals surface area contributed by atoms with E-state index in [4.69, 9.17) is 23.2 Å². The molecule has 0 saturated heterocycles. The summed E-state index contributed by atoms with van der Waals surface area (Å²) >= 11 is 11.6. The fourth-order valence-corrected chi connectivity index (χ4v) is 1.49. The predicted molar refractivity (Wildman–Crippen MR) is 52.1 cm³/mol. The summed E-state index contributed by atoms with van der Waals surface area (Å²) in [5.74, 6) is 0. The zero-order chi connectivity index (χ0) is 9.42. The number of fused-ring (bicyclic) bond motifs is 1. The lowest BCUT2D eigenvalue weighted by Crippen LogP contribution is -1.91. The molecule has 0 N–H and O–H groups in total. The Hall–Kier alpha value is -0.930. The highest BCUT2D eigenvalue weighted by molar-refractivity contribution is 6.37. The summed E-state index contributed by atoms with van der Waals surface area (Å²) < 4.78 is 0. The Morgan fingerprint density at radius 3 is 2.77 bits per heavy atom. The third-order valence-corrected chi connectivity index (χ3v) is 2.04. The second kappa shape index (κ2) is 3.09. The predicted octanol–water partition coefficient (Wildman–Crippen LogP) is 2.64. The quantitative estimate of drug-likeness (QED) is 0.632. The van der Waals surface area contributed by atoms with Gasteiger partial charge in [-0.2, -0.15) is 0 Å². The van der Waals surface area contributed by atoms with Crippen molar-refractivity contribution in [1.82, 2.24) is 15.0 Å². The van der Waals surface area contributed by atoms with Crippen molar-refractivity contribution in [3.63, 3.8) is 0 Å². The molecular weight excluding hydrogens is 209 g/mol. The first-order chi connectivity index (χ1) is 6.16. The van der Waals surface area contributed by atoms with Gasteiger partial charge in [0.1, 0.15) is 10.7 Å². The summed E-state index contributed by atoms with van der Waals surface area (Å²) in [6.07, 6.45) is 1.63. The van der Waals surface area contributed by atoms with Crippen LogP contribution in [0.1, 0.15) is 5.69 Å². The highest BCUT2D eigenvalue weighted by Crippen LogP contribution is 2.21. The molecule has 0 aromatic carbocycles. The maximum Gasteiger partial charge on any atom is 0.181 e. The lowest BCUT2D eigenvalue weighted by Gasteiger charge is -1.99. The van der Waals surface area contributed by atoms with Crippen molar-refractivity contribution in [2.75, 3.05) is 0 Å². The van der Waals surface area contributed by atoms with Gasteiger partial charge in [0.2, 0.25) is 0 Å². The average molecular weight is 214 g/mol. The van der Waals surface area contributed by atoms with Gasteiger partial charge in [0.25, 0.3) is 0 Å². The molecule has 3 nitrogen and oxygen atoms in total. The van der Waals surface area contributed by atoms with Crippen molar-refractivity contribution < 1.29 is 0 Å². The van der Waals surface area contributed by atoms with Crippen LogP contribution in [0.5, 0.6) is 0 Å². The number of aryl methyl sites for hydroxylation is 1. The van der Waals surface area contributed by atoms with Gasteiger partial charge >= 0.3 is 0 Å². The molecule has 5 heteroatoms. The SMILES string of the molecule is Cc1cnc2nc(Cl)cc(Cl)c2n1. The van der Waals surface area contributed by atoms with Crippen LogP contribution in [0.15, 0.2) is 12.3 Å². The molecule has 0 fully saturated rings. The lowest BCUT2D eigenvalue weighted by atomic mass is 10.4. The molecule has 66 valence electrons. The normalized spacial score (nSPS) is 10.7. The van der Waals surface area contributed by atoms with Crippen LogP contribution in [0.25, 0.3) is 11.2 Å². The van der Waals surface area contributed by atoms with E-state index in [1.165, 1.54) is 0 Å². The third-order valence-electron chi connectivity index (χ3n) is 1.56. The number of pyridine rings is 1. The molecule has 0 unspecified atom stereocenters. The van der Waals surface area contributed by atoms with Gasteiger partial charge in [-0.3, -0.25) is 0 Å². The Kier molecular flexibility index (Phi) is 2.06. The molecule has 0 atom stereocenters. The van der Waals surface area contributed by atoms with Crippen LogP contribution in [-0.4, -0.2) is 15.0 Å². The van der Waals surface area contributed by atoms with Crippen LogP contribution in [0.2, 0.25) is 10.2 Å². The van der Waals surface area contributed by atoms with Gasteiger partial charge in [0.05, 0.1) is 16.9 Å². The Morgan fingerprint density at radius 2 is 2.00 bits per heavy atom. The molecule has 0 aliphatic heterocycles. The van der Waals surface area contributed by atoms with Crippen molar-refractivity contribution in [3.8, 4) is 0 Å². The maximum atomic E-state index is 5.91. The molecule has 0 aliphatic carbocycles. The molecule has 2 aromatic rings. The zero-order valence-corrected chi connectivity index (χ0v) is 8.26. The van der Waals surface area contributed by atoms with E-state index in [1.807, 2.05) is 6.92 Å². The molecule has 2 aromatic heterocycles. The Bertz CT molecular complexity index is 470. The van der Waals surface area contributed by atoms with Gasteiger partial charge in [-0.25, -0.2) is 15.0 Å². The number of rotatable bonds is 0. The first kappa shape index (κ1) is 8.66. The topological polar surface area (TPSA) is 38.7 Å². The largest absolute Gasteiger partial charge is 0.247 e. The average Bonchev–Trinajstić information content (AvgIpc) is 2.06. The van der Waals surface area contributed by atoms with E-state index in [-0.39, 0.29) is 0 Å². The van der Waals surface area contributed by atoms with Gasteiger partial charge in [-0.05, 0) is 13.0 Å². The second-order valence-electron chi connectivity index (χ2n) is 2.61. The summed E-state index contributed by atoms with van der Waals surface area (Å²) in [4.78, 5) is 12.2. The molecule has 2 rings (SSSR count). The van der Waals surface area contributed by atoms with Gasteiger partial charge in [0.15, 0.2) is 5.65 Å². The summed E-state index contributed by atoms with van der Waals surface area (Å²) in [5, 5.41) is 0.807. The summed E-state index contributed by atoms with van der Waals surface area (Å²) in [5.41, 5.74) is 1.87. The van der Waals surface area contributed by atoms with Crippen LogP contribution in [0.4, 0.5) is 0 Å². The van der Waals surface area contributed by atoms with Crippen molar-refractivity contribution in [2.24, 2.45) is 0 Å². The van der Waals surface area contributed by atoms with Crippen molar-refractivity contribution in [1.29, 1.82) is 0 Å². The van der Waals surface area contributed by atoms with E-state index < -0.39 is 0 Å². The van der Waals surface area contributed by atoms with Gasteiger partial charge in [0, 0.05) is 0 Å². The van der Waals surface area contributed by atoms with Crippen LogP contribution >= 0.6 is 23.2 Å². The molecule has 0 radical (unpaired) electrons. The minimum absolute atomic E-state index is 0.329. The van der Waals surface area contributed by atoms with Gasteiger partial charge in [-0.1, -0.05) is 23.2 Å². The fraction of sp³-hybridized carbons (Fsp3) is 0.125. The molecular formula is C8H5Cl2N3. The number of aromatic nitrogens is 3. The number of hydrogen-bond acceptors (Lipinski definition) is 3. The lowest BCUT2D eigenvalue weighted by molar-refractivity contribution is 1.15. The highest BCUT2D eigenvalue weighted by atomic mass is 35.5. The Labute approximate surface area is 84.7 Å². The summed E-state index contributed by atoms with van der Waals surface area (Å²) in [6, 6.07) is 1.56. The molecule has 2 heterocycles. The van der Waals surface area contributed by atoms with Crippen LogP contribution in [-0.2, 0) is 0 Å². The number of halogens is 2. The molecule has 0 spiro atoms. The van der Waals surface area contributed by atoms with Crippen LogP contribution < -0.4 is 0 Å². The van der Waals surface area contributed by atoms with Crippen molar-refractivity contribution in [2.45, 2.75) is 6.92 Å². The van der Waals surface area contributed by atoms with Crippen LogP contribution in [0.3, 0.4) is 0 Å². The molecule has 0 amide bonds. The van der Waals surface area contributed by atoms with E-state index in [0.29, 0.717) is 21.3 Å². The van der Waals surface area contributed by atoms with Gasteiger partial charge < -0.3 is 0 Å². The number of hydrogen-bond donors (Lipinski definition) is 0.